The van der Waals surface area contributed by atoms with E-state index in [2.05, 4.69) is 11.2 Å². The van der Waals surface area contributed by atoms with Crippen LogP contribution in [0.25, 0.3) is 6.08 Å². The molecule has 0 aromatic heterocycles. The van der Waals surface area contributed by atoms with Crippen LogP contribution in [0.5, 0.6) is 0 Å². The maximum Gasteiger partial charge on any atom is 0.248 e. The van der Waals surface area contributed by atoms with Crippen molar-refractivity contribution in [1.82, 2.24) is 0 Å². The maximum absolute atomic E-state index is 11.8. The normalized spacial score (nSPS) is 10.2. The average Bonchev–Trinajstić information content (AvgIpc) is 2.45. The fraction of sp³-hybridized carbons (Fsp3) is 0.0556. The van der Waals surface area contributed by atoms with E-state index in [1.165, 1.54) is 6.08 Å². The Morgan fingerprint density at radius 3 is 2.75 bits per heavy atom. The molecule has 0 bridgehead atoms. The molecule has 0 aliphatic carbocycles. The first-order valence-corrected chi connectivity index (χ1v) is 6.30. The van der Waals surface area contributed by atoms with Crippen molar-refractivity contribution in [2.75, 3.05) is 5.32 Å². The number of carbonyl (C=O) groups excluding carboxylic acids is 1. The molecular formula is C18H15NO. The molecule has 0 unspecified atom stereocenters. The van der Waals surface area contributed by atoms with Crippen LogP contribution in [0.4, 0.5) is 5.69 Å². The van der Waals surface area contributed by atoms with Crippen LogP contribution in [0, 0.1) is 19.3 Å². The molecule has 0 radical (unpaired) electrons. The second kappa shape index (κ2) is 6.40. The molecule has 1 N–H and O–H groups in total. The van der Waals surface area contributed by atoms with E-state index in [4.69, 9.17) is 6.42 Å². The average molecular weight is 261 g/mol. The summed E-state index contributed by atoms with van der Waals surface area (Å²) in [6.07, 6.45) is 8.62. The summed E-state index contributed by atoms with van der Waals surface area (Å²) in [4.78, 5) is 11.8. The number of carbonyl (C=O) groups is 1. The number of amides is 1. The molecule has 2 rings (SSSR count). The summed E-state index contributed by atoms with van der Waals surface area (Å²) in [5.74, 6) is 2.36. The Balaban J connectivity index is 2.04. The summed E-state index contributed by atoms with van der Waals surface area (Å²) in [6, 6.07) is 15.1. The summed E-state index contributed by atoms with van der Waals surface area (Å²) < 4.78 is 0. The number of aryl methyl sites for hydroxylation is 1. The van der Waals surface area contributed by atoms with Crippen LogP contribution < -0.4 is 5.32 Å². The first-order valence-electron chi connectivity index (χ1n) is 6.30. The smallest absolute Gasteiger partial charge is 0.248 e. The van der Waals surface area contributed by atoms with Crippen LogP contribution in [0.2, 0.25) is 0 Å². The number of rotatable bonds is 3. The molecule has 2 aromatic carbocycles. The predicted octanol–water partition coefficient (Wildman–Crippen LogP) is 3.63. The standard InChI is InChI=1S/C18H15NO/c1-3-15-7-5-9-17(13-15)19-18(20)11-10-16-8-4-6-14(2)12-16/h1,4-13H,2H3,(H,19,20). The van der Waals surface area contributed by atoms with Gasteiger partial charge in [0.05, 0.1) is 0 Å². The van der Waals surface area contributed by atoms with Crippen molar-refractivity contribution in [3.63, 3.8) is 0 Å². The molecule has 20 heavy (non-hydrogen) atoms. The number of hydrogen-bond donors (Lipinski definition) is 1. The highest BCUT2D eigenvalue weighted by Gasteiger charge is 1.98. The quantitative estimate of drug-likeness (QED) is 0.663. The molecule has 2 heteroatoms. The molecule has 0 aliphatic heterocycles. The molecule has 0 saturated heterocycles. The number of hydrogen-bond acceptors (Lipinski definition) is 1. The third-order valence-corrected chi connectivity index (χ3v) is 2.77. The van der Waals surface area contributed by atoms with Crippen LogP contribution in [0.3, 0.4) is 0 Å². The van der Waals surface area contributed by atoms with Gasteiger partial charge in [0.1, 0.15) is 0 Å². The molecule has 2 aromatic rings. The van der Waals surface area contributed by atoms with Gasteiger partial charge in [0, 0.05) is 17.3 Å². The van der Waals surface area contributed by atoms with Gasteiger partial charge in [-0.05, 0) is 36.8 Å². The van der Waals surface area contributed by atoms with Gasteiger partial charge in [-0.1, -0.05) is 41.8 Å². The minimum Gasteiger partial charge on any atom is -0.322 e. The second-order valence-electron chi connectivity index (χ2n) is 4.46. The zero-order valence-electron chi connectivity index (χ0n) is 11.3. The monoisotopic (exact) mass is 261 g/mol. The lowest BCUT2D eigenvalue weighted by Crippen LogP contribution is -2.07. The van der Waals surface area contributed by atoms with Gasteiger partial charge in [-0.3, -0.25) is 4.79 Å². The van der Waals surface area contributed by atoms with Gasteiger partial charge in [-0.25, -0.2) is 0 Å². The molecule has 2 nitrogen and oxygen atoms in total. The SMILES string of the molecule is C#Cc1cccc(NC(=O)C=Cc2cccc(C)c2)c1. The van der Waals surface area contributed by atoms with Crippen molar-refractivity contribution in [3.8, 4) is 12.3 Å². The van der Waals surface area contributed by atoms with E-state index in [-0.39, 0.29) is 5.91 Å². The highest BCUT2D eigenvalue weighted by molar-refractivity contribution is 6.02. The van der Waals surface area contributed by atoms with Gasteiger partial charge in [-0.2, -0.15) is 0 Å². The molecule has 0 heterocycles. The summed E-state index contributed by atoms with van der Waals surface area (Å²) in [5.41, 5.74) is 3.59. The molecule has 0 atom stereocenters. The van der Waals surface area contributed by atoms with Gasteiger partial charge in [0.2, 0.25) is 5.91 Å². The molecule has 0 spiro atoms. The van der Waals surface area contributed by atoms with Gasteiger partial charge in [0.15, 0.2) is 0 Å². The number of anilines is 1. The summed E-state index contributed by atoms with van der Waals surface area (Å²) in [6.45, 7) is 2.02. The zero-order chi connectivity index (χ0) is 14.4. The minimum atomic E-state index is -0.180. The first kappa shape index (κ1) is 13.6. The van der Waals surface area contributed by atoms with E-state index in [0.717, 1.165) is 16.7 Å². The van der Waals surface area contributed by atoms with E-state index in [9.17, 15) is 4.79 Å². The van der Waals surface area contributed by atoms with Gasteiger partial charge in [-0.15, -0.1) is 6.42 Å². The van der Waals surface area contributed by atoms with E-state index in [1.807, 2.05) is 43.3 Å². The van der Waals surface area contributed by atoms with Gasteiger partial charge >= 0.3 is 0 Å². The zero-order valence-corrected chi connectivity index (χ0v) is 11.3. The highest BCUT2D eigenvalue weighted by Crippen LogP contribution is 2.10. The molecule has 0 fully saturated rings. The van der Waals surface area contributed by atoms with Crippen LogP contribution in [0.1, 0.15) is 16.7 Å². The molecule has 1 amide bonds. The van der Waals surface area contributed by atoms with E-state index < -0.39 is 0 Å². The van der Waals surface area contributed by atoms with Crippen LogP contribution in [-0.2, 0) is 4.79 Å². The summed E-state index contributed by atoms with van der Waals surface area (Å²) >= 11 is 0. The van der Waals surface area contributed by atoms with E-state index >= 15 is 0 Å². The van der Waals surface area contributed by atoms with E-state index in [0.29, 0.717) is 5.69 Å². The van der Waals surface area contributed by atoms with Crippen molar-refractivity contribution in [2.45, 2.75) is 6.92 Å². The van der Waals surface area contributed by atoms with Crippen molar-refractivity contribution < 1.29 is 4.79 Å². The Bertz CT molecular complexity index is 693. The lowest BCUT2D eigenvalue weighted by molar-refractivity contribution is -0.111. The third kappa shape index (κ3) is 3.86. The number of nitrogens with one attached hydrogen (secondary N) is 1. The Labute approximate surface area is 119 Å². The minimum absolute atomic E-state index is 0.180. The van der Waals surface area contributed by atoms with E-state index in [1.54, 1.807) is 18.2 Å². The Hall–Kier alpha value is -2.79. The molecule has 0 aliphatic rings. The Morgan fingerprint density at radius 1 is 1.20 bits per heavy atom. The van der Waals surface area contributed by atoms with Crippen molar-refractivity contribution >= 4 is 17.7 Å². The van der Waals surface area contributed by atoms with Crippen molar-refractivity contribution in [3.05, 3.63) is 71.3 Å². The van der Waals surface area contributed by atoms with Crippen molar-refractivity contribution in [1.29, 1.82) is 0 Å². The summed E-state index contributed by atoms with van der Waals surface area (Å²) in [5, 5.41) is 2.78. The maximum atomic E-state index is 11.8. The molecular weight excluding hydrogens is 246 g/mol. The predicted molar refractivity (Wildman–Crippen MR) is 83.2 cm³/mol. The number of benzene rings is 2. The summed E-state index contributed by atoms with van der Waals surface area (Å²) in [7, 11) is 0. The Morgan fingerprint density at radius 2 is 2.00 bits per heavy atom. The second-order valence-corrected chi connectivity index (χ2v) is 4.46. The fourth-order valence-corrected chi connectivity index (χ4v) is 1.82. The van der Waals surface area contributed by atoms with Crippen molar-refractivity contribution in [2.24, 2.45) is 0 Å². The number of terminal acetylenes is 1. The van der Waals surface area contributed by atoms with Crippen LogP contribution in [-0.4, -0.2) is 5.91 Å². The topological polar surface area (TPSA) is 29.1 Å². The largest absolute Gasteiger partial charge is 0.322 e. The molecule has 0 saturated carbocycles. The fourth-order valence-electron chi connectivity index (χ4n) is 1.82. The van der Waals surface area contributed by atoms with Gasteiger partial charge in [0.25, 0.3) is 0 Å². The lowest BCUT2D eigenvalue weighted by atomic mass is 10.1. The van der Waals surface area contributed by atoms with Crippen LogP contribution >= 0.6 is 0 Å². The Kier molecular flexibility index (Phi) is 4.36. The first-order chi connectivity index (χ1) is 9.67. The lowest BCUT2D eigenvalue weighted by Gasteiger charge is -2.02. The van der Waals surface area contributed by atoms with Gasteiger partial charge < -0.3 is 5.32 Å². The third-order valence-electron chi connectivity index (χ3n) is 2.77. The van der Waals surface area contributed by atoms with Crippen LogP contribution in [0.15, 0.2) is 54.6 Å². The highest BCUT2D eigenvalue weighted by atomic mass is 16.1. The molecule has 98 valence electrons.